The number of benzene rings is 1. The van der Waals surface area contributed by atoms with Gasteiger partial charge in [-0.05, 0) is 12.0 Å². The van der Waals surface area contributed by atoms with Gasteiger partial charge >= 0.3 is 7.82 Å². The highest BCUT2D eigenvalue weighted by atomic mass is 35.6. The van der Waals surface area contributed by atoms with E-state index >= 15 is 0 Å². The molecule has 1 rings (SSSR count). The molecule has 0 unspecified atom stereocenters. The summed E-state index contributed by atoms with van der Waals surface area (Å²) in [7, 11) is -4.32. The molecule has 33 heavy (non-hydrogen) atoms. The molecule has 1 N–H and O–H groups in total. The van der Waals surface area contributed by atoms with E-state index in [1.54, 1.807) is 24.3 Å². The SMILES string of the molecule is CCCCCCCC(=O)N[C@@H](COP(=O)(OCC(Cl)(Cl)Cl)OCC(Cl)(Cl)Cl)c1ccccc1. The molecule has 13 heteroatoms. The number of carbonyl (C=O) groups is 1. The minimum absolute atomic E-state index is 0.164. The molecule has 1 amide bonds. The number of alkyl halides is 6. The molecule has 0 heterocycles. The van der Waals surface area contributed by atoms with Crippen LogP contribution in [0.25, 0.3) is 0 Å². The molecule has 0 aliphatic heterocycles. The average Bonchev–Trinajstić information content (AvgIpc) is 2.73. The van der Waals surface area contributed by atoms with Gasteiger partial charge in [0.1, 0.15) is 13.2 Å². The maximum atomic E-state index is 13.1. The van der Waals surface area contributed by atoms with Gasteiger partial charge in [0.15, 0.2) is 0 Å². The first kappa shape index (κ1) is 31.6. The Morgan fingerprint density at radius 2 is 1.45 bits per heavy atom. The highest BCUT2D eigenvalue weighted by molar-refractivity contribution is 7.48. The van der Waals surface area contributed by atoms with E-state index < -0.39 is 34.7 Å². The maximum absolute atomic E-state index is 13.1. The number of rotatable bonds is 15. The molecular formula is C20H28Cl6NO5P. The molecule has 1 aromatic rings. The van der Waals surface area contributed by atoms with E-state index in [2.05, 4.69) is 12.2 Å². The first-order valence-electron chi connectivity index (χ1n) is 10.3. The van der Waals surface area contributed by atoms with Crippen LogP contribution < -0.4 is 5.32 Å². The van der Waals surface area contributed by atoms with Gasteiger partial charge in [-0.1, -0.05) is 133 Å². The highest BCUT2D eigenvalue weighted by Crippen LogP contribution is 2.53. The van der Waals surface area contributed by atoms with Gasteiger partial charge in [0, 0.05) is 6.42 Å². The lowest BCUT2D eigenvalue weighted by molar-refractivity contribution is -0.122. The van der Waals surface area contributed by atoms with E-state index in [-0.39, 0.29) is 12.5 Å². The van der Waals surface area contributed by atoms with Crippen molar-refractivity contribution >= 4 is 83.3 Å². The zero-order valence-corrected chi connectivity index (χ0v) is 23.5. The summed E-state index contributed by atoms with van der Waals surface area (Å²) < 4.78 is 25.0. The van der Waals surface area contributed by atoms with Crippen LogP contribution in [0.4, 0.5) is 0 Å². The van der Waals surface area contributed by atoms with Crippen molar-refractivity contribution in [1.82, 2.24) is 5.32 Å². The summed E-state index contributed by atoms with van der Waals surface area (Å²) in [5, 5.41) is 2.89. The molecule has 0 aliphatic carbocycles. The van der Waals surface area contributed by atoms with E-state index in [0.29, 0.717) is 6.42 Å². The van der Waals surface area contributed by atoms with Gasteiger partial charge < -0.3 is 5.32 Å². The van der Waals surface area contributed by atoms with Crippen LogP contribution in [0, 0.1) is 0 Å². The number of carbonyl (C=O) groups excluding carboxylic acids is 1. The van der Waals surface area contributed by atoms with Crippen molar-refractivity contribution in [3.63, 3.8) is 0 Å². The van der Waals surface area contributed by atoms with Crippen LogP contribution in [0.5, 0.6) is 0 Å². The van der Waals surface area contributed by atoms with Gasteiger partial charge in [0.25, 0.3) is 0 Å². The lowest BCUT2D eigenvalue weighted by Gasteiger charge is -2.25. The number of amides is 1. The smallest absolute Gasteiger partial charge is 0.347 e. The van der Waals surface area contributed by atoms with Crippen LogP contribution in [0.3, 0.4) is 0 Å². The van der Waals surface area contributed by atoms with Crippen LogP contribution in [0.15, 0.2) is 30.3 Å². The summed E-state index contributed by atoms with van der Waals surface area (Å²) in [6, 6.07) is 8.39. The van der Waals surface area contributed by atoms with Crippen molar-refractivity contribution in [2.24, 2.45) is 0 Å². The molecule has 0 bridgehead atoms. The van der Waals surface area contributed by atoms with Crippen molar-refractivity contribution in [2.45, 2.75) is 59.1 Å². The quantitative estimate of drug-likeness (QED) is 0.124. The molecule has 0 aromatic heterocycles. The third-order valence-corrected chi connectivity index (χ3v) is 6.23. The summed E-state index contributed by atoms with van der Waals surface area (Å²) in [4.78, 5) is 12.5. The molecule has 0 saturated carbocycles. The number of hydrogen-bond donors (Lipinski definition) is 1. The van der Waals surface area contributed by atoms with Crippen molar-refractivity contribution in [3.8, 4) is 0 Å². The molecule has 0 saturated heterocycles. The molecule has 0 radical (unpaired) electrons. The fourth-order valence-corrected chi connectivity index (χ4v) is 4.69. The Bertz CT molecular complexity index is 723. The van der Waals surface area contributed by atoms with E-state index in [0.717, 1.165) is 37.7 Å². The summed E-state index contributed by atoms with van der Waals surface area (Å²) in [6.07, 6.45) is 5.45. The lowest BCUT2D eigenvalue weighted by atomic mass is 10.1. The molecule has 0 fully saturated rings. The van der Waals surface area contributed by atoms with Crippen LogP contribution in [-0.2, 0) is 22.9 Å². The van der Waals surface area contributed by atoms with Gasteiger partial charge in [0.2, 0.25) is 13.5 Å². The summed E-state index contributed by atoms with van der Waals surface area (Å²) in [5.41, 5.74) is 0.728. The van der Waals surface area contributed by atoms with Gasteiger partial charge in [-0.3, -0.25) is 18.4 Å². The average molecular weight is 606 g/mol. The molecular weight excluding hydrogens is 578 g/mol. The minimum Gasteiger partial charge on any atom is -0.347 e. The standard InChI is InChI=1S/C20H28Cl6NO5P/c1-2-3-4-5-9-12-18(28)27-17(16-10-7-6-8-11-16)13-30-33(29,31-14-19(21,22)23)32-15-20(24,25)26/h6-8,10-11,17H,2-5,9,12-15H2,1H3,(H,27,28)/t17-/m0/s1. The predicted octanol–water partition coefficient (Wildman–Crippen LogP) is 8.10. The summed E-state index contributed by atoms with van der Waals surface area (Å²) >= 11 is 34.1. The lowest BCUT2D eigenvalue weighted by Crippen LogP contribution is -2.31. The van der Waals surface area contributed by atoms with E-state index in [1.807, 2.05) is 6.07 Å². The Labute approximate surface area is 225 Å². The normalized spacial score (nSPS) is 13.7. The Hall–Kier alpha value is 0.540. The van der Waals surface area contributed by atoms with Crippen molar-refractivity contribution in [2.75, 3.05) is 19.8 Å². The summed E-state index contributed by atoms with van der Waals surface area (Å²) in [6.45, 7) is 0.663. The Kier molecular flexibility index (Phi) is 14.9. The number of phosphoric acid groups is 1. The third kappa shape index (κ3) is 16.0. The molecule has 0 aliphatic rings. The fourth-order valence-electron chi connectivity index (χ4n) is 2.64. The van der Waals surface area contributed by atoms with Crippen LogP contribution >= 0.6 is 77.4 Å². The number of nitrogens with one attached hydrogen (secondary N) is 1. The Morgan fingerprint density at radius 1 is 0.909 bits per heavy atom. The van der Waals surface area contributed by atoms with E-state index in [1.165, 1.54) is 0 Å². The largest absolute Gasteiger partial charge is 0.475 e. The topological polar surface area (TPSA) is 73.9 Å². The number of hydrogen-bond acceptors (Lipinski definition) is 5. The van der Waals surface area contributed by atoms with E-state index in [4.69, 9.17) is 83.2 Å². The van der Waals surface area contributed by atoms with Crippen molar-refractivity contribution in [3.05, 3.63) is 35.9 Å². The predicted molar refractivity (Wildman–Crippen MR) is 137 cm³/mol. The number of phosphoric ester groups is 1. The third-order valence-electron chi connectivity index (χ3n) is 4.22. The van der Waals surface area contributed by atoms with Gasteiger partial charge in [0.05, 0.1) is 12.6 Å². The van der Waals surface area contributed by atoms with Gasteiger partial charge in [-0.15, -0.1) is 0 Å². The highest BCUT2D eigenvalue weighted by Gasteiger charge is 2.36. The molecule has 1 aromatic carbocycles. The number of unbranched alkanes of at least 4 members (excludes halogenated alkanes) is 4. The second-order valence-corrected chi connectivity index (χ2v) is 13.9. The Balaban J connectivity index is 2.85. The molecule has 190 valence electrons. The zero-order valence-electron chi connectivity index (χ0n) is 18.1. The maximum Gasteiger partial charge on any atom is 0.475 e. The minimum atomic E-state index is -4.32. The van der Waals surface area contributed by atoms with Crippen LogP contribution in [0.1, 0.15) is 57.1 Å². The monoisotopic (exact) mass is 603 g/mol. The fraction of sp³-hybridized carbons (Fsp3) is 0.650. The molecule has 6 nitrogen and oxygen atoms in total. The summed E-state index contributed by atoms with van der Waals surface area (Å²) in [5.74, 6) is -0.164. The molecule has 1 atom stereocenters. The van der Waals surface area contributed by atoms with E-state index in [9.17, 15) is 9.36 Å². The zero-order chi connectivity index (χ0) is 25.0. The van der Waals surface area contributed by atoms with Gasteiger partial charge in [-0.25, -0.2) is 4.57 Å². The second kappa shape index (κ2) is 15.6. The van der Waals surface area contributed by atoms with Crippen molar-refractivity contribution < 1.29 is 22.9 Å². The number of halogens is 6. The van der Waals surface area contributed by atoms with Crippen LogP contribution in [-0.4, -0.2) is 33.3 Å². The van der Waals surface area contributed by atoms with Gasteiger partial charge in [-0.2, -0.15) is 0 Å². The molecule has 0 spiro atoms. The Morgan fingerprint density at radius 3 is 1.97 bits per heavy atom. The first-order chi connectivity index (χ1) is 15.3. The first-order valence-corrected chi connectivity index (χ1v) is 14.1. The van der Waals surface area contributed by atoms with Crippen LogP contribution in [0.2, 0.25) is 0 Å². The van der Waals surface area contributed by atoms with Crippen molar-refractivity contribution in [1.29, 1.82) is 0 Å². The second-order valence-electron chi connectivity index (χ2n) is 7.22.